The van der Waals surface area contributed by atoms with Gasteiger partial charge in [0.2, 0.25) is 0 Å². The van der Waals surface area contributed by atoms with E-state index in [-0.39, 0.29) is 0 Å². The molecule has 0 aromatic rings. The SMILES string of the molecule is O=[N+]([O-])OCC1OC(O)C(O)C1O. The van der Waals surface area contributed by atoms with Gasteiger partial charge in [-0.1, -0.05) is 0 Å². The second-order valence-corrected chi connectivity index (χ2v) is 2.57. The topological polar surface area (TPSA) is 122 Å². The van der Waals surface area contributed by atoms with Crippen LogP contribution in [0.3, 0.4) is 0 Å². The molecular formula is C5H9NO7. The second kappa shape index (κ2) is 3.83. The Morgan fingerprint density at radius 1 is 1.38 bits per heavy atom. The highest BCUT2D eigenvalue weighted by Gasteiger charge is 2.42. The zero-order valence-corrected chi connectivity index (χ0v) is 6.44. The van der Waals surface area contributed by atoms with Crippen LogP contribution < -0.4 is 0 Å². The van der Waals surface area contributed by atoms with Crippen LogP contribution in [0.15, 0.2) is 0 Å². The van der Waals surface area contributed by atoms with Gasteiger partial charge in [0.05, 0.1) is 0 Å². The minimum atomic E-state index is -1.53. The maximum Gasteiger partial charge on any atom is 0.294 e. The average Bonchev–Trinajstić information content (AvgIpc) is 2.29. The third-order valence-corrected chi connectivity index (χ3v) is 1.68. The van der Waals surface area contributed by atoms with E-state index in [0.717, 1.165) is 0 Å². The molecule has 76 valence electrons. The average molecular weight is 195 g/mol. The van der Waals surface area contributed by atoms with Crippen LogP contribution in [0.4, 0.5) is 0 Å². The van der Waals surface area contributed by atoms with Crippen molar-refractivity contribution in [3.05, 3.63) is 10.1 Å². The molecule has 1 heterocycles. The first-order chi connectivity index (χ1) is 6.02. The van der Waals surface area contributed by atoms with Crippen LogP contribution in [0, 0.1) is 10.1 Å². The summed E-state index contributed by atoms with van der Waals surface area (Å²) in [5, 5.41) is 35.6. The van der Waals surface area contributed by atoms with Gasteiger partial charge >= 0.3 is 0 Å². The van der Waals surface area contributed by atoms with Crippen molar-refractivity contribution in [2.45, 2.75) is 24.6 Å². The largest absolute Gasteiger partial charge is 0.387 e. The van der Waals surface area contributed by atoms with Gasteiger partial charge in [-0.15, -0.1) is 10.1 Å². The zero-order valence-electron chi connectivity index (χ0n) is 6.44. The van der Waals surface area contributed by atoms with E-state index in [1.54, 1.807) is 0 Å². The Labute approximate surface area is 72.4 Å². The number of rotatable bonds is 3. The fourth-order valence-electron chi connectivity index (χ4n) is 1.00. The van der Waals surface area contributed by atoms with E-state index < -0.39 is 36.3 Å². The summed E-state index contributed by atoms with van der Waals surface area (Å²) in [6.45, 7) is -0.526. The number of aliphatic hydroxyl groups excluding tert-OH is 3. The van der Waals surface area contributed by atoms with Crippen LogP contribution >= 0.6 is 0 Å². The standard InChI is InChI=1S/C5H9NO7/c7-3-2(1-12-6(10)11)13-5(9)4(3)8/h2-5,7-9H,1H2. The van der Waals surface area contributed by atoms with Gasteiger partial charge in [0.25, 0.3) is 5.09 Å². The first-order valence-corrected chi connectivity index (χ1v) is 3.49. The summed E-state index contributed by atoms with van der Waals surface area (Å²) in [4.78, 5) is 13.7. The van der Waals surface area contributed by atoms with Gasteiger partial charge in [-0.3, -0.25) is 0 Å². The second-order valence-electron chi connectivity index (χ2n) is 2.57. The molecule has 0 radical (unpaired) electrons. The summed E-state index contributed by atoms with van der Waals surface area (Å²) in [7, 11) is 0. The van der Waals surface area contributed by atoms with Crippen LogP contribution in [0.5, 0.6) is 0 Å². The predicted molar refractivity (Wildman–Crippen MR) is 35.8 cm³/mol. The van der Waals surface area contributed by atoms with Crippen LogP contribution in [0.2, 0.25) is 0 Å². The van der Waals surface area contributed by atoms with Gasteiger partial charge in [-0.2, -0.15) is 0 Å². The quantitative estimate of drug-likeness (QED) is 0.340. The van der Waals surface area contributed by atoms with E-state index in [0.29, 0.717) is 0 Å². The van der Waals surface area contributed by atoms with E-state index in [9.17, 15) is 10.1 Å². The van der Waals surface area contributed by atoms with Gasteiger partial charge in [0.15, 0.2) is 6.29 Å². The highest BCUT2D eigenvalue weighted by molar-refractivity contribution is 4.85. The Hall–Kier alpha value is -0.960. The summed E-state index contributed by atoms with van der Waals surface area (Å²) in [6.07, 6.45) is -5.46. The van der Waals surface area contributed by atoms with Crippen molar-refractivity contribution in [2.75, 3.05) is 6.61 Å². The van der Waals surface area contributed by atoms with Crippen molar-refractivity contribution in [1.29, 1.82) is 0 Å². The van der Waals surface area contributed by atoms with Gasteiger partial charge in [-0.25, -0.2) is 0 Å². The fourth-order valence-corrected chi connectivity index (χ4v) is 1.00. The van der Waals surface area contributed by atoms with Crippen LogP contribution in [-0.4, -0.2) is 51.6 Å². The summed E-state index contributed by atoms with van der Waals surface area (Å²) in [5.41, 5.74) is 0. The molecule has 0 spiro atoms. The van der Waals surface area contributed by atoms with Crippen LogP contribution in [-0.2, 0) is 9.57 Å². The molecule has 1 saturated heterocycles. The van der Waals surface area contributed by atoms with Crippen molar-refractivity contribution >= 4 is 0 Å². The zero-order chi connectivity index (χ0) is 10.0. The van der Waals surface area contributed by atoms with Crippen LogP contribution in [0.1, 0.15) is 0 Å². The minimum Gasteiger partial charge on any atom is -0.387 e. The molecular weight excluding hydrogens is 186 g/mol. The molecule has 1 fully saturated rings. The van der Waals surface area contributed by atoms with Crippen molar-refractivity contribution in [3.8, 4) is 0 Å². The Balaban J connectivity index is 2.40. The van der Waals surface area contributed by atoms with E-state index in [1.165, 1.54) is 0 Å². The van der Waals surface area contributed by atoms with Crippen molar-refractivity contribution in [2.24, 2.45) is 0 Å². The van der Waals surface area contributed by atoms with Crippen molar-refractivity contribution in [1.82, 2.24) is 0 Å². The van der Waals surface area contributed by atoms with E-state index >= 15 is 0 Å². The normalized spacial score (nSPS) is 39.0. The summed E-state index contributed by atoms with van der Waals surface area (Å²) in [6, 6.07) is 0. The first kappa shape index (κ1) is 10.1. The molecule has 8 heteroatoms. The molecule has 3 N–H and O–H groups in total. The molecule has 0 aromatic heterocycles. The number of hydrogen-bond acceptors (Lipinski definition) is 7. The highest BCUT2D eigenvalue weighted by atomic mass is 17.0. The monoisotopic (exact) mass is 195 g/mol. The Kier molecular flexibility index (Phi) is 2.98. The lowest BCUT2D eigenvalue weighted by Gasteiger charge is -2.11. The lowest BCUT2D eigenvalue weighted by Crippen LogP contribution is -2.34. The number of ether oxygens (including phenoxy) is 1. The highest BCUT2D eigenvalue weighted by Crippen LogP contribution is 2.19. The van der Waals surface area contributed by atoms with Gasteiger partial charge < -0.3 is 24.9 Å². The molecule has 1 aliphatic rings. The molecule has 0 aromatic carbocycles. The molecule has 1 aliphatic heterocycles. The molecule has 8 nitrogen and oxygen atoms in total. The molecule has 1 rings (SSSR count). The summed E-state index contributed by atoms with van der Waals surface area (Å²) >= 11 is 0. The summed E-state index contributed by atoms with van der Waals surface area (Å²) < 4.78 is 4.56. The van der Waals surface area contributed by atoms with Crippen molar-refractivity contribution in [3.63, 3.8) is 0 Å². The first-order valence-electron chi connectivity index (χ1n) is 3.49. The molecule has 0 bridgehead atoms. The van der Waals surface area contributed by atoms with E-state index in [2.05, 4.69) is 9.57 Å². The number of hydrogen-bond donors (Lipinski definition) is 3. The van der Waals surface area contributed by atoms with E-state index in [4.69, 9.17) is 15.3 Å². The maximum absolute atomic E-state index is 9.75. The molecule has 0 aliphatic carbocycles. The maximum atomic E-state index is 9.75. The minimum absolute atomic E-state index is 0.526. The van der Waals surface area contributed by atoms with Gasteiger partial charge in [0.1, 0.15) is 24.9 Å². The molecule has 4 atom stereocenters. The lowest BCUT2D eigenvalue weighted by atomic mass is 10.1. The molecule has 13 heavy (non-hydrogen) atoms. The summed E-state index contributed by atoms with van der Waals surface area (Å²) in [5.74, 6) is 0. The lowest BCUT2D eigenvalue weighted by molar-refractivity contribution is -0.759. The van der Waals surface area contributed by atoms with Gasteiger partial charge in [-0.05, 0) is 0 Å². The fraction of sp³-hybridized carbons (Fsp3) is 1.00. The van der Waals surface area contributed by atoms with Crippen LogP contribution in [0.25, 0.3) is 0 Å². The smallest absolute Gasteiger partial charge is 0.294 e. The third kappa shape index (κ3) is 2.25. The van der Waals surface area contributed by atoms with Gasteiger partial charge in [0, 0.05) is 0 Å². The third-order valence-electron chi connectivity index (χ3n) is 1.68. The predicted octanol–water partition coefficient (Wildman–Crippen LogP) is -2.37. The molecule has 0 saturated carbocycles. The molecule has 4 unspecified atom stereocenters. The number of nitrogens with zero attached hydrogens (tertiary/aromatic N) is 1. The molecule has 0 amide bonds. The Morgan fingerprint density at radius 2 is 2.00 bits per heavy atom. The van der Waals surface area contributed by atoms with Crippen molar-refractivity contribution < 1.29 is 30.0 Å². The van der Waals surface area contributed by atoms with E-state index in [1.807, 2.05) is 0 Å². The Bertz CT molecular complexity index is 197. The number of aliphatic hydroxyl groups is 3. The Morgan fingerprint density at radius 3 is 2.38 bits per heavy atom.